The summed E-state index contributed by atoms with van der Waals surface area (Å²) in [6, 6.07) is 4.80. The van der Waals surface area contributed by atoms with Crippen molar-refractivity contribution in [3.8, 4) is 5.75 Å². The minimum atomic E-state index is -0.203. The largest absolute Gasteiger partial charge is 0.496 e. The van der Waals surface area contributed by atoms with E-state index in [1.807, 2.05) is 0 Å². The lowest BCUT2D eigenvalue weighted by atomic mass is 9.66. The van der Waals surface area contributed by atoms with Crippen LogP contribution in [0.25, 0.3) is 0 Å². The standard InChI is InChI=1S/C15H20FNO2/c1-18-14-5-4-12(16)7-13(14)15(9-19-10-15)11-3-2-6-17-8-11/h4-5,7,11,17H,2-3,6,8-10H2,1H3. The van der Waals surface area contributed by atoms with Gasteiger partial charge in [-0.3, -0.25) is 0 Å². The van der Waals surface area contributed by atoms with E-state index in [1.54, 1.807) is 19.2 Å². The highest BCUT2D eigenvalue weighted by Gasteiger charge is 2.48. The number of methoxy groups -OCH3 is 1. The summed E-state index contributed by atoms with van der Waals surface area (Å²) in [5, 5.41) is 3.44. The van der Waals surface area contributed by atoms with Crippen molar-refractivity contribution in [2.75, 3.05) is 33.4 Å². The Morgan fingerprint density at radius 3 is 2.84 bits per heavy atom. The summed E-state index contributed by atoms with van der Waals surface area (Å²) in [4.78, 5) is 0. The predicted molar refractivity (Wildman–Crippen MR) is 71.0 cm³/mol. The minimum Gasteiger partial charge on any atom is -0.496 e. The maximum Gasteiger partial charge on any atom is 0.123 e. The van der Waals surface area contributed by atoms with Crippen LogP contribution in [-0.2, 0) is 10.2 Å². The Kier molecular flexibility index (Phi) is 3.46. The molecule has 4 heteroatoms. The van der Waals surface area contributed by atoms with Gasteiger partial charge >= 0.3 is 0 Å². The molecule has 0 aromatic heterocycles. The summed E-state index contributed by atoms with van der Waals surface area (Å²) in [7, 11) is 1.64. The van der Waals surface area contributed by atoms with Gasteiger partial charge in [-0.1, -0.05) is 0 Å². The van der Waals surface area contributed by atoms with Crippen LogP contribution in [0.2, 0.25) is 0 Å². The van der Waals surface area contributed by atoms with Crippen molar-refractivity contribution in [2.45, 2.75) is 18.3 Å². The maximum atomic E-state index is 13.6. The molecule has 1 atom stereocenters. The lowest BCUT2D eigenvalue weighted by Gasteiger charge is -2.49. The van der Waals surface area contributed by atoms with Crippen LogP contribution in [0.4, 0.5) is 4.39 Å². The molecule has 0 spiro atoms. The van der Waals surface area contributed by atoms with Crippen molar-refractivity contribution in [2.24, 2.45) is 5.92 Å². The van der Waals surface area contributed by atoms with Crippen molar-refractivity contribution in [1.29, 1.82) is 0 Å². The smallest absolute Gasteiger partial charge is 0.123 e. The molecule has 1 aromatic carbocycles. The van der Waals surface area contributed by atoms with E-state index in [0.29, 0.717) is 19.1 Å². The molecule has 1 aromatic rings. The molecular weight excluding hydrogens is 245 g/mol. The molecule has 0 amide bonds. The number of ether oxygens (including phenoxy) is 2. The Hall–Kier alpha value is -1.13. The number of nitrogens with one attached hydrogen (secondary N) is 1. The number of benzene rings is 1. The zero-order valence-corrected chi connectivity index (χ0v) is 11.2. The first-order valence-corrected chi connectivity index (χ1v) is 6.89. The topological polar surface area (TPSA) is 30.5 Å². The van der Waals surface area contributed by atoms with E-state index in [4.69, 9.17) is 9.47 Å². The first kappa shape index (κ1) is 12.9. The second-order valence-electron chi connectivity index (χ2n) is 5.54. The van der Waals surface area contributed by atoms with Crippen LogP contribution in [0, 0.1) is 11.7 Å². The molecule has 0 bridgehead atoms. The van der Waals surface area contributed by atoms with E-state index < -0.39 is 0 Å². The lowest BCUT2D eigenvalue weighted by molar-refractivity contribution is -0.0957. The van der Waals surface area contributed by atoms with E-state index >= 15 is 0 Å². The highest BCUT2D eigenvalue weighted by molar-refractivity contribution is 5.42. The molecule has 1 unspecified atom stereocenters. The maximum absolute atomic E-state index is 13.6. The summed E-state index contributed by atoms with van der Waals surface area (Å²) in [6.45, 7) is 3.38. The first-order chi connectivity index (χ1) is 9.26. The van der Waals surface area contributed by atoms with Gasteiger partial charge in [-0.15, -0.1) is 0 Å². The van der Waals surface area contributed by atoms with Gasteiger partial charge in [0, 0.05) is 11.0 Å². The molecule has 2 aliphatic heterocycles. The molecule has 104 valence electrons. The molecule has 3 rings (SSSR count). The van der Waals surface area contributed by atoms with Crippen molar-refractivity contribution in [3.05, 3.63) is 29.6 Å². The molecule has 2 aliphatic rings. The van der Waals surface area contributed by atoms with E-state index in [0.717, 1.165) is 30.8 Å². The third kappa shape index (κ3) is 2.13. The number of hydrogen-bond donors (Lipinski definition) is 1. The fourth-order valence-electron chi connectivity index (χ4n) is 3.33. The van der Waals surface area contributed by atoms with E-state index in [2.05, 4.69) is 5.32 Å². The molecular formula is C15H20FNO2. The summed E-state index contributed by atoms with van der Waals surface area (Å²) in [5.41, 5.74) is 0.885. The van der Waals surface area contributed by atoms with Gasteiger partial charge in [-0.25, -0.2) is 4.39 Å². The molecule has 0 radical (unpaired) electrons. The van der Waals surface area contributed by atoms with Gasteiger partial charge in [0.05, 0.1) is 20.3 Å². The van der Waals surface area contributed by atoms with Gasteiger partial charge in [0.1, 0.15) is 11.6 Å². The van der Waals surface area contributed by atoms with Crippen LogP contribution < -0.4 is 10.1 Å². The molecule has 0 saturated carbocycles. The average molecular weight is 265 g/mol. The van der Waals surface area contributed by atoms with Crippen LogP contribution in [0.1, 0.15) is 18.4 Å². The van der Waals surface area contributed by atoms with Crippen LogP contribution in [0.5, 0.6) is 5.75 Å². The highest BCUT2D eigenvalue weighted by atomic mass is 19.1. The van der Waals surface area contributed by atoms with Gasteiger partial charge in [0.15, 0.2) is 0 Å². The molecule has 0 aliphatic carbocycles. The van der Waals surface area contributed by atoms with Gasteiger partial charge < -0.3 is 14.8 Å². The van der Waals surface area contributed by atoms with Crippen LogP contribution >= 0.6 is 0 Å². The van der Waals surface area contributed by atoms with Crippen molar-refractivity contribution >= 4 is 0 Å². The molecule has 2 saturated heterocycles. The Balaban J connectivity index is 1.99. The monoisotopic (exact) mass is 265 g/mol. The lowest BCUT2D eigenvalue weighted by Crippen LogP contribution is -2.56. The van der Waals surface area contributed by atoms with Crippen LogP contribution in [-0.4, -0.2) is 33.4 Å². The van der Waals surface area contributed by atoms with Gasteiger partial charge in [-0.05, 0) is 50.0 Å². The second kappa shape index (κ2) is 5.10. The third-order valence-electron chi connectivity index (χ3n) is 4.50. The number of piperidine rings is 1. The Morgan fingerprint density at radius 2 is 2.26 bits per heavy atom. The quantitative estimate of drug-likeness (QED) is 0.908. The average Bonchev–Trinajstić information content (AvgIpc) is 2.39. The van der Waals surface area contributed by atoms with Gasteiger partial charge in [-0.2, -0.15) is 0 Å². The van der Waals surface area contributed by atoms with Gasteiger partial charge in [0.2, 0.25) is 0 Å². The van der Waals surface area contributed by atoms with Crippen LogP contribution in [0.15, 0.2) is 18.2 Å². The molecule has 3 nitrogen and oxygen atoms in total. The normalized spacial score (nSPS) is 25.7. The molecule has 19 heavy (non-hydrogen) atoms. The number of halogens is 1. The fraction of sp³-hybridized carbons (Fsp3) is 0.600. The van der Waals surface area contributed by atoms with Crippen molar-refractivity contribution in [1.82, 2.24) is 5.32 Å². The van der Waals surface area contributed by atoms with Crippen LogP contribution in [0.3, 0.4) is 0 Å². The fourth-order valence-corrected chi connectivity index (χ4v) is 3.33. The first-order valence-electron chi connectivity index (χ1n) is 6.89. The number of rotatable bonds is 3. The number of hydrogen-bond acceptors (Lipinski definition) is 3. The van der Waals surface area contributed by atoms with Crippen molar-refractivity contribution < 1.29 is 13.9 Å². The van der Waals surface area contributed by atoms with Gasteiger partial charge in [0.25, 0.3) is 0 Å². The zero-order chi connectivity index (χ0) is 13.3. The Bertz CT molecular complexity index is 453. The molecule has 2 fully saturated rings. The summed E-state index contributed by atoms with van der Waals surface area (Å²) < 4.78 is 24.5. The van der Waals surface area contributed by atoms with E-state index in [-0.39, 0.29) is 11.2 Å². The summed E-state index contributed by atoms with van der Waals surface area (Å²) in [5.74, 6) is 1.06. The SMILES string of the molecule is COc1ccc(F)cc1C1(C2CCCNC2)COC1. The summed E-state index contributed by atoms with van der Waals surface area (Å²) in [6.07, 6.45) is 2.33. The summed E-state index contributed by atoms with van der Waals surface area (Å²) >= 11 is 0. The molecule has 1 N–H and O–H groups in total. The Labute approximate surface area is 113 Å². The highest BCUT2D eigenvalue weighted by Crippen LogP contribution is 2.45. The minimum absolute atomic E-state index is 0.0825. The predicted octanol–water partition coefficient (Wildman–Crippen LogP) is 2.10. The van der Waals surface area contributed by atoms with Crippen molar-refractivity contribution in [3.63, 3.8) is 0 Å². The third-order valence-corrected chi connectivity index (χ3v) is 4.50. The zero-order valence-electron chi connectivity index (χ0n) is 11.2. The molecule has 2 heterocycles. The second-order valence-corrected chi connectivity index (χ2v) is 5.54. The Morgan fingerprint density at radius 1 is 1.42 bits per heavy atom. The van der Waals surface area contributed by atoms with E-state index in [9.17, 15) is 4.39 Å². The van der Waals surface area contributed by atoms with E-state index in [1.165, 1.54) is 12.5 Å².